The Morgan fingerprint density at radius 2 is 2.18 bits per heavy atom. The van der Waals surface area contributed by atoms with Gasteiger partial charge in [-0.2, -0.15) is 0 Å². The van der Waals surface area contributed by atoms with E-state index < -0.39 is 5.97 Å². The van der Waals surface area contributed by atoms with Crippen LogP contribution in [0.5, 0.6) is 0 Å². The second kappa shape index (κ2) is 4.73. The van der Waals surface area contributed by atoms with E-state index in [1.54, 1.807) is 0 Å². The summed E-state index contributed by atoms with van der Waals surface area (Å²) in [5.74, 6) is 0.163. The highest BCUT2D eigenvalue weighted by Crippen LogP contribution is 2.31. The highest BCUT2D eigenvalue weighted by molar-refractivity contribution is 5.67. The molecule has 1 aliphatic rings. The summed E-state index contributed by atoms with van der Waals surface area (Å²) >= 11 is 0. The van der Waals surface area contributed by atoms with Gasteiger partial charge in [-0.1, -0.05) is 6.07 Å². The van der Waals surface area contributed by atoms with Gasteiger partial charge in [0.25, 0.3) is 0 Å². The van der Waals surface area contributed by atoms with Gasteiger partial charge in [-0.15, -0.1) is 0 Å². The molecule has 1 fully saturated rings. The average molecular weight is 234 g/mol. The molecule has 0 amide bonds. The van der Waals surface area contributed by atoms with Crippen LogP contribution in [0.25, 0.3) is 0 Å². The summed E-state index contributed by atoms with van der Waals surface area (Å²) in [4.78, 5) is 17.3. The van der Waals surface area contributed by atoms with Gasteiger partial charge in [0, 0.05) is 18.3 Å². The average Bonchev–Trinajstić information content (AvgIpc) is 3.07. The van der Waals surface area contributed by atoms with Crippen LogP contribution >= 0.6 is 0 Å². The summed E-state index contributed by atoms with van der Waals surface area (Å²) in [6.45, 7) is 4.57. The number of pyridine rings is 1. The molecule has 0 bridgehead atoms. The van der Waals surface area contributed by atoms with Crippen molar-refractivity contribution in [1.29, 1.82) is 0 Å². The van der Waals surface area contributed by atoms with Crippen LogP contribution in [-0.4, -0.2) is 28.6 Å². The molecule has 0 unspecified atom stereocenters. The van der Waals surface area contributed by atoms with Crippen molar-refractivity contribution in [3.63, 3.8) is 0 Å². The van der Waals surface area contributed by atoms with Gasteiger partial charge in [0.15, 0.2) is 0 Å². The zero-order valence-electron chi connectivity index (χ0n) is 10.3. The first-order valence-electron chi connectivity index (χ1n) is 6.00. The fraction of sp³-hybridized carbons (Fsp3) is 0.538. The molecule has 0 spiro atoms. The first kappa shape index (κ1) is 11.9. The van der Waals surface area contributed by atoms with Crippen LogP contribution in [0.3, 0.4) is 0 Å². The van der Waals surface area contributed by atoms with Gasteiger partial charge >= 0.3 is 5.97 Å². The smallest absolute Gasteiger partial charge is 0.305 e. The number of aryl methyl sites for hydroxylation is 2. The largest absolute Gasteiger partial charge is 0.481 e. The Kier molecular flexibility index (Phi) is 3.31. The van der Waals surface area contributed by atoms with Gasteiger partial charge in [-0.25, -0.2) is 4.98 Å². The monoisotopic (exact) mass is 234 g/mol. The number of rotatable bonds is 5. The van der Waals surface area contributed by atoms with E-state index >= 15 is 0 Å². The first-order chi connectivity index (χ1) is 8.08. The molecular weight excluding hydrogens is 216 g/mol. The topological polar surface area (TPSA) is 53.4 Å². The molecular formula is C13H18N2O2. The number of aliphatic carboxylic acids is 1. The number of nitrogens with zero attached hydrogens (tertiary/aromatic N) is 2. The molecule has 1 aliphatic carbocycles. The molecule has 17 heavy (non-hydrogen) atoms. The maximum Gasteiger partial charge on any atom is 0.305 e. The van der Waals surface area contributed by atoms with E-state index in [9.17, 15) is 4.79 Å². The standard InChI is InChI=1S/C13H18N2O2/c1-9-3-6-12(14-10(9)2)15(11-4-5-11)8-7-13(16)17/h3,6,11H,4-5,7-8H2,1-2H3,(H,16,17). The second-order valence-electron chi connectivity index (χ2n) is 4.64. The van der Waals surface area contributed by atoms with Crippen LogP contribution in [0.1, 0.15) is 30.5 Å². The highest BCUT2D eigenvalue weighted by atomic mass is 16.4. The van der Waals surface area contributed by atoms with Crippen molar-refractivity contribution in [2.75, 3.05) is 11.4 Å². The minimum atomic E-state index is -0.750. The highest BCUT2D eigenvalue weighted by Gasteiger charge is 2.30. The molecule has 92 valence electrons. The van der Waals surface area contributed by atoms with E-state index in [0.29, 0.717) is 12.6 Å². The minimum absolute atomic E-state index is 0.172. The van der Waals surface area contributed by atoms with Crippen molar-refractivity contribution < 1.29 is 9.90 Å². The van der Waals surface area contributed by atoms with E-state index in [1.165, 1.54) is 5.56 Å². The van der Waals surface area contributed by atoms with Gasteiger partial charge in [0.2, 0.25) is 0 Å². The maximum atomic E-state index is 10.7. The Labute approximate surface area is 101 Å². The van der Waals surface area contributed by atoms with Crippen LogP contribution in [0.4, 0.5) is 5.82 Å². The summed E-state index contributed by atoms with van der Waals surface area (Å²) in [5, 5.41) is 8.76. The molecule has 1 aromatic heterocycles. The van der Waals surface area contributed by atoms with Gasteiger partial charge in [-0.05, 0) is 38.3 Å². The molecule has 4 heteroatoms. The van der Waals surface area contributed by atoms with Crippen molar-refractivity contribution >= 4 is 11.8 Å². The summed E-state index contributed by atoms with van der Waals surface area (Å²) < 4.78 is 0. The number of carboxylic acids is 1. The van der Waals surface area contributed by atoms with E-state index in [0.717, 1.165) is 24.4 Å². The fourth-order valence-electron chi connectivity index (χ4n) is 1.86. The van der Waals surface area contributed by atoms with Crippen LogP contribution in [0, 0.1) is 13.8 Å². The number of hydrogen-bond donors (Lipinski definition) is 1. The molecule has 0 atom stereocenters. The third-order valence-corrected chi connectivity index (χ3v) is 3.18. The number of carboxylic acid groups (broad SMARTS) is 1. The second-order valence-corrected chi connectivity index (χ2v) is 4.64. The van der Waals surface area contributed by atoms with Crippen molar-refractivity contribution in [2.24, 2.45) is 0 Å². The Balaban J connectivity index is 2.14. The molecule has 4 nitrogen and oxygen atoms in total. The summed E-state index contributed by atoms with van der Waals surface area (Å²) in [7, 11) is 0. The SMILES string of the molecule is Cc1ccc(N(CCC(=O)O)C2CC2)nc1C. The lowest BCUT2D eigenvalue weighted by molar-refractivity contribution is -0.136. The Morgan fingerprint density at radius 1 is 1.47 bits per heavy atom. The minimum Gasteiger partial charge on any atom is -0.481 e. The summed E-state index contributed by atoms with van der Waals surface area (Å²) in [5.41, 5.74) is 2.19. The molecule has 0 aliphatic heterocycles. The van der Waals surface area contributed by atoms with E-state index in [1.807, 2.05) is 26.0 Å². The molecule has 0 aromatic carbocycles. The van der Waals surface area contributed by atoms with Gasteiger partial charge in [0.05, 0.1) is 6.42 Å². The van der Waals surface area contributed by atoms with Crippen molar-refractivity contribution in [2.45, 2.75) is 39.2 Å². The van der Waals surface area contributed by atoms with Crippen LogP contribution < -0.4 is 4.90 Å². The molecule has 1 aromatic rings. The molecule has 0 saturated heterocycles. The third kappa shape index (κ3) is 2.96. The van der Waals surface area contributed by atoms with E-state index in [4.69, 9.17) is 5.11 Å². The molecule has 1 heterocycles. The number of carbonyl (C=O) groups is 1. The predicted molar refractivity (Wildman–Crippen MR) is 66.3 cm³/mol. The molecule has 2 rings (SSSR count). The molecule has 1 N–H and O–H groups in total. The quantitative estimate of drug-likeness (QED) is 0.848. The Hall–Kier alpha value is -1.58. The Morgan fingerprint density at radius 3 is 2.71 bits per heavy atom. The number of aromatic nitrogens is 1. The summed E-state index contributed by atoms with van der Waals surface area (Å²) in [6, 6.07) is 4.53. The van der Waals surface area contributed by atoms with Crippen LogP contribution in [0.2, 0.25) is 0 Å². The molecule has 1 saturated carbocycles. The van der Waals surface area contributed by atoms with Crippen LogP contribution in [0.15, 0.2) is 12.1 Å². The van der Waals surface area contributed by atoms with Crippen LogP contribution in [-0.2, 0) is 4.79 Å². The number of anilines is 1. The lowest BCUT2D eigenvalue weighted by Crippen LogP contribution is -2.29. The van der Waals surface area contributed by atoms with E-state index in [2.05, 4.69) is 9.88 Å². The van der Waals surface area contributed by atoms with Crippen molar-refractivity contribution in [3.05, 3.63) is 23.4 Å². The van der Waals surface area contributed by atoms with E-state index in [-0.39, 0.29) is 6.42 Å². The fourth-order valence-corrected chi connectivity index (χ4v) is 1.86. The third-order valence-electron chi connectivity index (χ3n) is 3.18. The maximum absolute atomic E-state index is 10.7. The zero-order chi connectivity index (χ0) is 12.4. The van der Waals surface area contributed by atoms with Gasteiger partial charge < -0.3 is 10.0 Å². The predicted octanol–water partition coefficient (Wildman–Crippen LogP) is 2.14. The molecule has 0 radical (unpaired) electrons. The zero-order valence-corrected chi connectivity index (χ0v) is 10.3. The van der Waals surface area contributed by atoms with Gasteiger partial charge in [0.1, 0.15) is 5.82 Å². The Bertz CT molecular complexity index is 427. The lowest BCUT2D eigenvalue weighted by atomic mass is 10.2. The van der Waals surface area contributed by atoms with Gasteiger partial charge in [-0.3, -0.25) is 4.79 Å². The normalized spacial score (nSPS) is 14.7. The lowest BCUT2D eigenvalue weighted by Gasteiger charge is -2.23. The van der Waals surface area contributed by atoms with Crippen molar-refractivity contribution in [1.82, 2.24) is 4.98 Å². The number of hydrogen-bond acceptors (Lipinski definition) is 3. The first-order valence-corrected chi connectivity index (χ1v) is 6.00. The van der Waals surface area contributed by atoms with Crippen molar-refractivity contribution in [3.8, 4) is 0 Å². The summed E-state index contributed by atoms with van der Waals surface area (Å²) in [6.07, 6.45) is 2.47.